The average molecular weight is 709 g/mol. The number of carbonyl (C=O) groups excluding carboxylic acids is 1. The summed E-state index contributed by atoms with van der Waals surface area (Å²) in [5.41, 5.74) is 6.24. The van der Waals surface area contributed by atoms with E-state index in [1.54, 1.807) is 23.1 Å². The predicted molar refractivity (Wildman–Crippen MR) is 195 cm³/mol. The summed E-state index contributed by atoms with van der Waals surface area (Å²) < 4.78 is 46.1. The van der Waals surface area contributed by atoms with Gasteiger partial charge >= 0.3 is 12.1 Å². The van der Waals surface area contributed by atoms with Crippen molar-refractivity contribution in [2.45, 2.75) is 91.1 Å². The third-order valence-corrected chi connectivity index (χ3v) is 8.81. The Morgan fingerprint density at radius 3 is 2.55 bits per heavy atom. The molecular formula is C37H50F2N8O4. The minimum absolute atomic E-state index is 0.00959. The third kappa shape index (κ3) is 8.84. The van der Waals surface area contributed by atoms with Crippen molar-refractivity contribution in [3.8, 4) is 23.1 Å². The molecule has 12 nitrogen and oxygen atoms in total. The zero-order chi connectivity index (χ0) is 36.9. The number of rotatable bonds is 2. The van der Waals surface area contributed by atoms with Crippen LogP contribution in [0.2, 0.25) is 0 Å². The number of ether oxygens (including phenoxy) is 3. The quantitative estimate of drug-likeness (QED) is 0.222. The maximum absolute atomic E-state index is 16.3. The van der Waals surface area contributed by atoms with Gasteiger partial charge in [0.1, 0.15) is 40.0 Å². The highest BCUT2D eigenvalue weighted by molar-refractivity contribution is 6.00. The van der Waals surface area contributed by atoms with Crippen molar-refractivity contribution in [2.75, 3.05) is 50.9 Å². The summed E-state index contributed by atoms with van der Waals surface area (Å²) in [6.45, 7) is 14.2. The van der Waals surface area contributed by atoms with Gasteiger partial charge in [0.2, 0.25) is 5.88 Å². The average Bonchev–Trinajstić information content (AvgIpc) is 3.67. The Kier molecular flexibility index (Phi) is 11.9. The van der Waals surface area contributed by atoms with Gasteiger partial charge in [-0.15, -0.1) is 0 Å². The zero-order valence-electron chi connectivity index (χ0n) is 30.6. The molecule has 3 aromatic heterocycles. The fourth-order valence-corrected chi connectivity index (χ4v) is 6.50. The smallest absolute Gasteiger partial charge is 0.410 e. The number of amides is 1. The van der Waals surface area contributed by atoms with Gasteiger partial charge < -0.3 is 30.2 Å². The van der Waals surface area contributed by atoms with E-state index in [4.69, 9.17) is 19.9 Å². The Bertz CT molecular complexity index is 1830. The van der Waals surface area contributed by atoms with E-state index in [0.29, 0.717) is 55.5 Å². The number of hydrogen-bond acceptors (Lipinski definition) is 11. The molecule has 0 radical (unpaired) electrons. The maximum atomic E-state index is 16.3. The fourth-order valence-electron chi connectivity index (χ4n) is 6.50. The normalized spacial score (nSPS) is 20.5. The minimum Gasteiger partial charge on any atom is -0.474 e. The van der Waals surface area contributed by atoms with Gasteiger partial charge in [-0.3, -0.25) is 4.90 Å². The minimum atomic E-state index is -0.680. The lowest BCUT2D eigenvalue weighted by Crippen LogP contribution is -2.40. The van der Waals surface area contributed by atoms with Crippen molar-refractivity contribution in [3.05, 3.63) is 36.1 Å². The van der Waals surface area contributed by atoms with Crippen LogP contribution in [0.4, 0.5) is 25.2 Å². The molecule has 3 aliphatic rings. The zero-order valence-corrected chi connectivity index (χ0v) is 30.6. The molecular weight excluding hydrogens is 658 g/mol. The van der Waals surface area contributed by atoms with Crippen LogP contribution in [0.15, 0.2) is 30.3 Å². The number of nitrogens with zero attached hydrogens (tertiary/aromatic N) is 6. The molecule has 0 aliphatic carbocycles. The number of pyridine rings is 2. The number of nitrogen functional groups attached to an aromatic ring is 1. The first-order valence-electron chi connectivity index (χ1n) is 17.8. The van der Waals surface area contributed by atoms with E-state index in [1.165, 1.54) is 20.0 Å². The van der Waals surface area contributed by atoms with E-state index >= 15 is 4.39 Å². The molecule has 2 saturated heterocycles. The van der Waals surface area contributed by atoms with Gasteiger partial charge in [-0.25, -0.2) is 23.5 Å². The van der Waals surface area contributed by atoms with Gasteiger partial charge in [0.15, 0.2) is 5.82 Å². The monoisotopic (exact) mass is 708 g/mol. The van der Waals surface area contributed by atoms with Gasteiger partial charge in [-0.2, -0.15) is 9.97 Å². The molecule has 3 unspecified atom stereocenters. The number of benzene rings is 1. The largest absolute Gasteiger partial charge is 0.474 e. The SMILES string of the molecule is CC.COc1nc2c3c(nc(-c4cccc5ccc(N)nc45)c(F)c3n1)OC(C)CCN(C(=O)OC(C)(C)C)CCN2.FC1CC2CCCN2C1. The van der Waals surface area contributed by atoms with Crippen molar-refractivity contribution in [2.24, 2.45) is 0 Å². The second-order valence-corrected chi connectivity index (χ2v) is 13.7. The molecule has 1 amide bonds. The molecule has 7 rings (SSSR count). The maximum Gasteiger partial charge on any atom is 0.410 e. The van der Waals surface area contributed by atoms with E-state index in [1.807, 2.05) is 53.7 Å². The first-order chi connectivity index (χ1) is 24.4. The Morgan fingerprint density at radius 2 is 1.82 bits per heavy atom. The van der Waals surface area contributed by atoms with E-state index in [0.717, 1.165) is 18.4 Å². The van der Waals surface area contributed by atoms with E-state index in [2.05, 4.69) is 30.2 Å². The van der Waals surface area contributed by atoms with Crippen LogP contribution in [0.1, 0.15) is 67.2 Å². The van der Waals surface area contributed by atoms with Crippen LogP contribution < -0.4 is 20.5 Å². The molecule has 2 fully saturated rings. The molecule has 51 heavy (non-hydrogen) atoms. The predicted octanol–water partition coefficient (Wildman–Crippen LogP) is 7.01. The molecule has 276 valence electrons. The van der Waals surface area contributed by atoms with Gasteiger partial charge in [-0.05, 0) is 65.6 Å². The van der Waals surface area contributed by atoms with Gasteiger partial charge in [-0.1, -0.05) is 32.0 Å². The van der Waals surface area contributed by atoms with Crippen molar-refractivity contribution < 1.29 is 27.8 Å². The summed E-state index contributed by atoms with van der Waals surface area (Å²) in [6, 6.07) is 9.46. The van der Waals surface area contributed by atoms with Gasteiger partial charge in [0, 0.05) is 49.6 Å². The van der Waals surface area contributed by atoms with Crippen molar-refractivity contribution in [1.29, 1.82) is 0 Å². The summed E-state index contributed by atoms with van der Waals surface area (Å²) in [5.74, 6) is 0.0411. The van der Waals surface area contributed by atoms with Gasteiger partial charge in [0.05, 0.1) is 18.7 Å². The molecule has 6 heterocycles. The van der Waals surface area contributed by atoms with Crippen molar-refractivity contribution in [1.82, 2.24) is 29.7 Å². The Hall–Kier alpha value is -4.59. The third-order valence-electron chi connectivity index (χ3n) is 8.81. The number of nitrogens with two attached hydrogens (primary N) is 1. The molecule has 4 aromatic rings. The molecule has 3 aliphatic heterocycles. The molecule has 0 saturated carbocycles. The first kappa shape index (κ1) is 37.7. The van der Waals surface area contributed by atoms with Crippen molar-refractivity contribution in [3.63, 3.8) is 0 Å². The summed E-state index contributed by atoms with van der Waals surface area (Å²) in [4.78, 5) is 34.6. The van der Waals surface area contributed by atoms with E-state index in [9.17, 15) is 9.18 Å². The number of aromatic nitrogens is 4. The summed E-state index contributed by atoms with van der Waals surface area (Å²) in [5, 5.41) is 4.24. The molecule has 3 atom stereocenters. The highest BCUT2D eigenvalue weighted by atomic mass is 19.1. The number of carbonyl (C=O) groups is 1. The number of halogens is 2. The standard InChI is InChI=1S/C28H32FN7O4.C7H12FN.C2H6/c1-15-11-13-36(27(37)40-28(2,3)4)14-12-31-24-19-23(34-26(35-24)38-5)20(29)22(33-25(19)39-15)17-8-6-7-16-9-10-18(30)32-21(16)17;8-6-4-7-2-1-3-9(7)5-6;1-2/h6-10,15H,11-14H2,1-5H3,(H2,30,32)(H,31,34,35);6-7H,1-5H2;1-2H3. The van der Waals surface area contributed by atoms with Crippen LogP contribution in [0.5, 0.6) is 11.9 Å². The molecule has 14 heteroatoms. The van der Waals surface area contributed by atoms with Crippen LogP contribution in [0, 0.1) is 5.82 Å². The lowest BCUT2D eigenvalue weighted by atomic mass is 10.0. The Morgan fingerprint density at radius 1 is 1.04 bits per heavy atom. The topological polar surface area (TPSA) is 141 Å². The van der Waals surface area contributed by atoms with E-state index < -0.39 is 29.8 Å². The summed E-state index contributed by atoms with van der Waals surface area (Å²) >= 11 is 0. The van der Waals surface area contributed by atoms with E-state index in [-0.39, 0.29) is 34.3 Å². The highest BCUT2D eigenvalue weighted by Gasteiger charge is 2.35. The van der Waals surface area contributed by atoms with Gasteiger partial charge in [0.25, 0.3) is 0 Å². The van der Waals surface area contributed by atoms with Crippen LogP contribution in [0.25, 0.3) is 33.1 Å². The molecule has 1 aromatic carbocycles. The number of alkyl halides is 1. The summed E-state index contributed by atoms with van der Waals surface area (Å²) in [7, 11) is 1.40. The number of para-hydroxylation sites is 1. The lowest BCUT2D eigenvalue weighted by molar-refractivity contribution is 0.0238. The summed E-state index contributed by atoms with van der Waals surface area (Å²) in [6.07, 6.45) is 2.47. The Labute approximate surface area is 298 Å². The molecule has 0 bridgehead atoms. The fraction of sp³-hybridized carbons (Fsp3) is 0.541. The molecule has 0 spiro atoms. The lowest BCUT2D eigenvalue weighted by Gasteiger charge is -2.28. The number of methoxy groups -OCH3 is 1. The van der Waals surface area contributed by atoms with Crippen molar-refractivity contribution >= 4 is 39.5 Å². The Balaban J connectivity index is 0.000000390. The van der Waals surface area contributed by atoms with Crippen LogP contribution in [-0.2, 0) is 4.74 Å². The van der Waals surface area contributed by atoms with Crippen LogP contribution in [0.3, 0.4) is 0 Å². The van der Waals surface area contributed by atoms with Crippen LogP contribution in [-0.4, -0.2) is 99.6 Å². The number of hydrogen-bond donors (Lipinski definition) is 2. The first-order valence-corrected chi connectivity index (χ1v) is 17.8. The number of fused-ring (bicyclic) bond motifs is 2. The second-order valence-electron chi connectivity index (χ2n) is 13.7. The van der Waals surface area contributed by atoms with Crippen LogP contribution >= 0.6 is 0 Å². The number of nitrogens with one attached hydrogen (secondary N) is 1. The number of anilines is 2. The molecule has 3 N–H and O–H groups in total. The highest BCUT2D eigenvalue weighted by Crippen LogP contribution is 2.39. The second kappa shape index (κ2) is 16.2.